The van der Waals surface area contributed by atoms with Crippen LogP contribution in [0.4, 0.5) is 10.2 Å². The maximum absolute atomic E-state index is 14.3. The highest BCUT2D eigenvalue weighted by atomic mass is 19.1. The second-order valence-corrected chi connectivity index (χ2v) is 10.2. The third kappa shape index (κ3) is 4.40. The van der Waals surface area contributed by atoms with Crippen LogP contribution in [-0.2, 0) is 24.8 Å². The maximum atomic E-state index is 14.3. The minimum absolute atomic E-state index is 0.128. The predicted octanol–water partition coefficient (Wildman–Crippen LogP) is 6.04. The average molecular weight is 407 g/mol. The topological polar surface area (TPSA) is 53.6 Å². The summed E-state index contributed by atoms with van der Waals surface area (Å²) in [5.41, 5.74) is 6.83. The molecule has 1 aliphatic rings. The number of aromatic amines is 1. The highest BCUT2D eigenvalue weighted by molar-refractivity contribution is 5.67. The smallest absolute Gasteiger partial charge is 0.215 e. The van der Waals surface area contributed by atoms with Crippen molar-refractivity contribution >= 4 is 5.82 Å². The van der Waals surface area contributed by atoms with E-state index in [1.54, 1.807) is 0 Å². The molecule has 5 heteroatoms. The minimum atomic E-state index is -0.494. The minimum Gasteiger partial charge on any atom is -0.366 e. The van der Waals surface area contributed by atoms with E-state index in [4.69, 9.17) is 0 Å². The summed E-state index contributed by atoms with van der Waals surface area (Å²) in [5, 5.41) is 11.0. The lowest BCUT2D eigenvalue weighted by Crippen LogP contribution is -2.21. The Hall–Kier alpha value is -2.69. The standard InChI is InChI=1S/C25H31FN4/c1-24(2,3)18-8-6-16(7-9-18)15-27-22-13-17(12-21(26)28-22)23-19-10-11-25(4,5)14-20(19)29-30-23/h6-9,12-13H,10-11,14-15H2,1-5H3,(H,27,28)(H,29,30). The number of nitrogens with zero attached hydrogens (tertiary/aromatic N) is 2. The van der Waals surface area contributed by atoms with Gasteiger partial charge in [-0.1, -0.05) is 58.9 Å². The fourth-order valence-electron chi connectivity index (χ4n) is 4.13. The number of benzene rings is 1. The summed E-state index contributed by atoms with van der Waals surface area (Å²) in [7, 11) is 0. The van der Waals surface area contributed by atoms with Gasteiger partial charge in [-0.25, -0.2) is 4.98 Å². The molecular weight excluding hydrogens is 375 g/mol. The fourth-order valence-corrected chi connectivity index (χ4v) is 4.13. The Labute approximate surface area is 178 Å². The van der Waals surface area contributed by atoms with Crippen molar-refractivity contribution < 1.29 is 4.39 Å². The van der Waals surface area contributed by atoms with E-state index in [2.05, 4.69) is 79.4 Å². The zero-order valence-electron chi connectivity index (χ0n) is 18.6. The number of fused-ring (bicyclic) bond motifs is 1. The summed E-state index contributed by atoms with van der Waals surface area (Å²) in [5.74, 6) is 0.0313. The molecular formula is C25H31FN4. The van der Waals surface area contributed by atoms with Crippen molar-refractivity contribution in [3.63, 3.8) is 0 Å². The molecule has 158 valence electrons. The number of anilines is 1. The molecule has 0 bridgehead atoms. The predicted molar refractivity (Wildman–Crippen MR) is 120 cm³/mol. The van der Waals surface area contributed by atoms with Gasteiger partial charge in [0.1, 0.15) is 5.82 Å². The van der Waals surface area contributed by atoms with Crippen LogP contribution in [0.5, 0.6) is 0 Å². The monoisotopic (exact) mass is 406 g/mol. The number of hydrogen-bond acceptors (Lipinski definition) is 3. The Morgan fingerprint density at radius 2 is 1.87 bits per heavy atom. The van der Waals surface area contributed by atoms with Crippen LogP contribution < -0.4 is 5.32 Å². The van der Waals surface area contributed by atoms with Crippen molar-refractivity contribution in [2.75, 3.05) is 5.32 Å². The SMILES string of the molecule is CC1(C)CCc2c(-c3cc(F)nc(NCc4ccc(C(C)(C)C)cc4)c3)n[nH]c2C1. The average Bonchev–Trinajstić information content (AvgIpc) is 3.07. The molecule has 1 aromatic carbocycles. The Bertz CT molecular complexity index is 1040. The van der Waals surface area contributed by atoms with Crippen molar-refractivity contribution in [2.45, 2.75) is 65.8 Å². The normalized spacial score (nSPS) is 15.7. The van der Waals surface area contributed by atoms with Gasteiger partial charge in [-0.15, -0.1) is 0 Å². The van der Waals surface area contributed by atoms with E-state index in [0.29, 0.717) is 12.4 Å². The molecule has 3 aromatic rings. The molecule has 2 N–H and O–H groups in total. The molecule has 4 nitrogen and oxygen atoms in total. The molecule has 0 aliphatic heterocycles. The van der Waals surface area contributed by atoms with Gasteiger partial charge in [0, 0.05) is 29.4 Å². The zero-order valence-corrected chi connectivity index (χ0v) is 18.6. The quantitative estimate of drug-likeness (QED) is 0.520. The fraction of sp³-hybridized carbons (Fsp3) is 0.440. The second-order valence-electron chi connectivity index (χ2n) is 10.2. The first kappa shape index (κ1) is 20.6. The number of nitrogens with one attached hydrogen (secondary N) is 2. The molecule has 0 saturated carbocycles. The second kappa shape index (κ2) is 7.53. The maximum Gasteiger partial charge on any atom is 0.215 e. The van der Waals surface area contributed by atoms with Gasteiger partial charge in [0.2, 0.25) is 5.95 Å². The van der Waals surface area contributed by atoms with Crippen molar-refractivity contribution in [2.24, 2.45) is 5.41 Å². The largest absolute Gasteiger partial charge is 0.366 e. The first-order valence-corrected chi connectivity index (χ1v) is 10.7. The Kier molecular flexibility index (Phi) is 5.16. The van der Waals surface area contributed by atoms with Gasteiger partial charge in [0.05, 0.1) is 5.69 Å². The van der Waals surface area contributed by atoms with E-state index in [1.807, 2.05) is 6.07 Å². The van der Waals surface area contributed by atoms with Gasteiger partial charge >= 0.3 is 0 Å². The van der Waals surface area contributed by atoms with Crippen LogP contribution in [0.1, 0.15) is 63.4 Å². The number of hydrogen-bond donors (Lipinski definition) is 2. The molecule has 2 aromatic heterocycles. The van der Waals surface area contributed by atoms with E-state index in [-0.39, 0.29) is 10.8 Å². The van der Waals surface area contributed by atoms with Gasteiger partial charge in [0.25, 0.3) is 0 Å². The van der Waals surface area contributed by atoms with Crippen molar-refractivity contribution in [1.29, 1.82) is 0 Å². The summed E-state index contributed by atoms with van der Waals surface area (Å²) in [6.45, 7) is 11.7. The first-order valence-electron chi connectivity index (χ1n) is 10.7. The highest BCUT2D eigenvalue weighted by Crippen LogP contribution is 2.38. The molecule has 0 radical (unpaired) electrons. The van der Waals surface area contributed by atoms with Crippen LogP contribution in [0.2, 0.25) is 0 Å². The van der Waals surface area contributed by atoms with Gasteiger partial charge in [-0.05, 0) is 47.3 Å². The van der Waals surface area contributed by atoms with Crippen LogP contribution in [0.15, 0.2) is 36.4 Å². The van der Waals surface area contributed by atoms with Crippen LogP contribution >= 0.6 is 0 Å². The third-order valence-electron chi connectivity index (χ3n) is 6.02. The molecule has 30 heavy (non-hydrogen) atoms. The Balaban J connectivity index is 1.53. The Morgan fingerprint density at radius 1 is 1.13 bits per heavy atom. The summed E-state index contributed by atoms with van der Waals surface area (Å²) < 4.78 is 14.3. The van der Waals surface area contributed by atoms with E-state index in [1.165, 1.54) is 22.9 Å². The summed E-state index contributed by atoms with van der Waals surface area (Å²) in [6, 6.07) is 11.9. The number of H-pyrrole nitrogens is 1. The lowest BCUT2D eigenvalue weighted by molar-refractivity contribution is 0.312. The molecule has 4 rings (SSSR count). The van der Waals surface area contributed by atoms with Crippen molar-refractivity contribution in [3.8, 4) is 11.3 Å². The third-order valence-corrected chi connectivity index (χ3v) is 6.02. The highest BCUT2D eigenvalue weighted by Gasteiger charge is 2.29. The van der Waals surface area contributed by atoms with Crippen molar-refractivity contribution in [3.05, 3.63) is 64.7 Å². The number of aromatic nitrogens is 3. The molecule has 0 saturated heterocycles. The van der Waals surface area contributed by atoms with Gasteiger partial charge in [-0.2, -0.15) is 9.49 Å². The molecule has 0 spiro atoms. The molecule has 1 aliphatic carbocycles. The van der Waals surface area contributed by atoms with Crippen molar-refractivity contribution in [1.82, 2.24) is 15.2 Å². The van der Waals surface area contributed by atoms with E-state index in [9.17, 15) is 4.39 Å². The molecule has 0 unspecified atom stereocenters. The van der Waals surface area contributed by atoms with Gasteiger partial charge in [-0.3, -0.25) is 5.10 Å². The van der Waals surface area contributed by atoms with E-state index >= 15 is 0 Å². The molecule has 0 fully saturated rings. The Morgan fingerprint density at radius 3 is 2.57 bits per heavy atom. The van der Waals surface area contributed by atoms with E-state index in [0.717, 1.165) is 36.1 Å². The van der Waals surface area contributed by atoms with Crippen LogP contribution in [0, 0.1) is 11.4 Å². The summed E-state index contributed by atoms with van der Waals surface area (Å²) in [4.78, 5) is 4.03. The zero-order chi connectivity index (χ0) is 21.5. The van der Waals surface area contributed by atoms with Gasteiger partial charge in [0.15, 0.2) is 0 Å². The number of rotatable bonds is 4. The molecule has 2 heterocycles. The number of pyridine rings is 1. The van der Waals surface area contributed by atoms with Crippen LogP contribution in [0.25, 0.3) is 11.3 Å². The van der Waals surface area contributed by atoms with Crippen LogP contribution in [-0.4, -0.2) is 15.2 Å². The van der Waals surface area contributed by atoms with Gasteiger partial charge < -0.3 is 5.32 Å². The molecule has 0 atom stereocenters. The summed E-state index contributed by atoms with van der Waals surface area (Å²) >= 11 is 0. The number of halogens is 1. The lowest BCUT2D eigenvalue weighted by Gasteiger charge is -2.29. The summed E-state index contributed by atoms with van der Waals surface area (Å²) in [6.07, 6.45) is 3.04. The van der Waals surface area contributed by atoms with E-state index < -0.39 is 5.95 Å². The van der Waals surface area contributed by atoms with Crippen LogP contribution in [0.3, 0.4) is 0 Å². The lowest BCUT2D eigenvalue weighted by atomic mass is 9.76. The first-order chi connectivity index (χ1) is 14.1. The molecule has 0 amide bonds.